The molecule has 0 aliphatic heterocycles. The third-order valence-corrected chi connectivity index (χ3v) is 3.31. The van der Waals surface area contributed by atoms with Crippen molar-refractivity contribution in [2.24, 2.45) is 11.6 Å². The third kappa shape index (κ3) is 2.82. The van der Waals surface area contributed by atoms with Gasteiger partial charge in [0.1, 0.15) is 0 Å². The molecule has 0 unspecified atom stereocenters. The molecule has 0 amide bonds. The van der Waals surface area contributed by atoms with Crippen molar-refractivity contribution in [3.05, 3.63) is 0 Å². The van der Waals surface area contributed by atoms with E-state index in [4.69, 9.17) is 17.0 Å². The molecule has 0 heterocycles. The van der Waals surface area contributed by atoms with Crippen LogP contribution in [0.15, 0.2) is 0 Å². The normalized spacial score (nSPS) is 31.1. The molecule has 15 heavy (non-hydrogen) atoms. The molecular weight excluding hydrogens is 190 g/mol. The van der Waals surface area contributed by atoms with Gasteiger partial charge >= 0.3 is 0 Å². The van der Waals surface area contributed by atoms with Crippen LogP contribution in [0.2, 0.25) is 0 Å². The Morgan fingerprint density at radius 2 is 1.73 bits per heavy atom. The standard InChI is InChI=1S/C10H21N5/c11-7-1-3-8(4-2-7)14-10(12)15(13)9-5-6-9/h7-9H,1-6,11,13H2,(H2,12,14). The molecule has 0 radical (unpaired) electrons. The van der Waals surface area contributed by atoms with Crippen LogP contribution in [-0.2, 0) is 0 Å². The van der Waals surface area contributed by atoms with Crippen LogP contribution in [0.25, 0.3) is 0 Å². The number of hydrogen-bond acceptors (Lipinski definition) is 3. The number of hydrazine groups is 1. The highest BCUT2D eigenvalue weighted by Gasteiger charge is 2.30. The minimum atomic E-state index is 0.356. The highest BCUT2D eigenvalue weighted by atomic mass is 15.5. The molecule has 0 aromatic rings. The lowest BCUT2D eigenvalue weighted by Gasteiger charge is -2.30. The molecule has 0 atom stereocenters. The van der Waals surface area contributed by atoms with Crippen molar-refractivity contribution < 1.29 is 0 Å². The second-order valence-corrected chi connectivity index (χ2v) is 4.74. The van der Waals surface area contributed by atoms with Gasteiger partial charge in [-0.05, 0) is 38.5 Å². The Labute approximate surface area is 90.7 Å². The van der Waals surface area contributed by atoms with E-state index in [1.54, 1.807) is 5.01 Å². The Morgan fingerprint density at radius 1 is 1.13 bits per heavy atom. The van der Waals surface area contributed by atoms with E-state index in [0.717, 1.165) is 38.5 Å². The van der Waals surface area contributed by atoms with Crippen molar-refractivity contribution in [3.8, 4) is 0 Å². The molecule has 86 valence electrons. The van der Waals surface area contributed by atoms with E-state index in [-0.39, 0.29) is 0 Å². The second kappa shape index (κ2) is 4.37. The maximum Gasteiger partial charge on any atom is 0.206 e. The molecule has 2 fully saturated rings. The summed E-state index contributed by atoms with van der Waals surface area (Å²) < 4.78 is 0. The smallest absolute Gasteiger partial charge is 0.206 e. The fourth-order valence-corrected chi connectivity index (χ4v) is 2.07. The average molecular weight is 211 g/mol. The fourth-order valence-electron chi connectivity index (χ4n) is 2.07. The van der Waals surface area contributed by atoms with Crippen LogP contribution < -0.4 is 16.9 Å². The summed E-state index contributed by atoms with van der Waals surface area (Å²) in [5.74, 6) is 6.16. The third-order valence-electron chi connectivity index (χ3n) is 3.31. The summed E-state index contributed by atoms with van der Waals surface area (Å²) in [5.41, 5.74) is 5.83. The summed E-state index contributed by atoms with van der Waals surface area (Å²) in [5, 5.41) is 12.6. The van der Waals surface area contributed by atoms with Gasteiger partial charge in [0.25, 0.3) is 0 Å². The summed E-state index contributed by atoms with van der Waals surface area (Å²) in [4.78, 5) is 0. The van der Waals surface area contributed by atoms with E-state index in [9.17, 15) is 0 Å². The number of nitrogens with two attached hydrogens (primary N) is 2. The van der Waals surface area contributed by atoms with E-state index in [1.807, 2.05) is 0 Å². The molecule has 5 nitrogen and oxygen atoms in total. The van der Waals surface area contributed by atoms with Gasteiger partial charge in [0, 0.05) is 18.1 Å². The van der Waals surface area contributed by atoms with Crippen LogP contribution in [0.1, 0.15) is 38.5 Å². The monoisotopic (exact) mass is 211 g/mol. The lowest BCUT2D eigenvalue weighted by atomic mass is 9.92. The summed E-state index contributed by atoms with van der Waals surface area (Å²) in [6.45, 7) is 0. The molecule has 0 spiro atoms. The van der Waals surface area contributed by atoms with Crippen LogP contribution in [-0.4, -0.2) is 29.1 Å². The average Bonchev–Trinajstić information content (AvgIpc) is 3.04. The summed E-state index contributed by atoms with van der Waals surface area (Å²) in [6, 6.07) is 1.15. The maximum absolute atomic E-state index is 7.81. The maximum atomic E-state index is 7.81. The first-order valence-corrected chi connectivity index (χ1v) is 5.81. The topological polar surface area (TPSA) is 91.2 Å². The van der Waals surface area contributed by atoms with Crippen molar-refractivity contribution in [2.75, 3.05) is 0 Å². The highest BCUT2D eigenvalue weighted by Crippen LogP contribution is 2.24. The molecule has 0 bridgehead atoms. The van der Waals surface area contributed by atoms with Gasteiger partial charge in [-0.25, -0.2) is 5.84 Å². The first-order valence-electron chi connectivity index (χ1n) is 5.81. The first kappa shape index (κ1) is 10.7. The Balaban J connectivity index is 1.73. The SMILES string of the molecule is N=C(NC1CCC(N)CC1)N(N)C1CC1. The molecule has 2 aliphatic carbocycles. The molecular formula is C10H21N5. The van der Waals surface area contributed by atoms with E-state index in [2.05, 4.69) is 5.32 Å². The van der Waals surface area contributed by atoms with Crippen molar-refractivity contribution >= 4 is 5.96 Å². The van der Waals surface area contributed by atoms with Gasteiger partial charge in [-0.1, -0.05) is 0 Å². The number of hydrogen-bond donors (Lipinski definition) is 4. The van der Waals surface area contributed by atoms with Crippen molar-refractivity contribution in [2.45, 2.75) is 56.7 Å². The van der Waals surface area contributed by atoms with E-state index < -0.39 is 0 Å². The highest BCUT2D eigenvalue weighted by molar-refractivity contribution is 5.77. The molecule has 2 aliphatic rings. The van der Waals surface area contributed by atoms with Crippen molar-refractivity contribution in [1.29, 1.82) is 5.41 Å². The van der Waals surface area contributed by atoms with E-state index in [0.29, 0.717) is 24.1 Å². The van der Waals surface area contributed by atoms with Gasteiger partial charge in [-0.3, -0.25) is 10.4 Å². The van der Waals surface area contributed by atoms with E-state index in [1.165, 1.54) is 0 Å². The van der Waals surface area contributed by atoms with Crippen LogP contribution in [0.3, 0.4) is 0 Å². The lowest BCUT2D eigenvalue weighted by molar-refractivity contribution is 0.344. The van der Waals surface area contributed by atoms with Crippen LogP contribution in [0.4, 0.5) is 0 Å². The van der Waals surface area contributed by atoms with Gasteiger partial charge in [-0.15, -0.1) is 0 Å². The quantitative estimate of drug-likeness (QED) is 0.226. The van der Waals surface area contributed by atoms with Crippen LogP contribution in [0, 0.1) is 5.41 Å². The molecule has 6 N–H and O–H groups in total. The zero-order chi connectivity index (χ0) is 10.8. The van der Waals surface area contributed by atoms with Crippen molar-refractivity contribution in [3.63, 3.8) is 0 Å². The molecule has 0 saturated heterocycles. The molecule has 0 aromatic carbocycles. The van der Waals surface area contributed by atoms with Gasteiger partial charge < -0.3 is 11.1 Å². The van der Waals surface area contributed by atoms with E-state index >= 15 is 0 Å². The van der Waals surface area contributed by atoms with Crippen LogP contribution >= 0.6 is 0 Å². The lowest BCUT2D eigenvalue weighted by Crippen LogP contribution is -2.51. The minimum absolute atomic E-state index is 0.356. The number of rotatable bonds is 2. The summed E-state index contributed by atoms with van der Waals surface area (Å²) in [6.07, 6.45) is 6.47. The second-order valence-electron chi connectivity index (χ2n) is 4.74. The molecule has 2 rings (SSSR count). The first-order chi connectivity index (χ1) is 7.16. The number of nitrogens with one attached hydrogen (secondary N) is 2. The Bertz CT molecular complexity index is 230. The van der Waals surface area contributed by atoms with Gasteiger partial charge in [0.15, 0.2) is 0 Å². The van der Waals surface area contributed by atoms with Crippen molar-refractivity contribution in [1.82, 2.24) is 10.3 Å². The molecule has 2 saturated carbocycles. The summed E-state index contributed by atoms with van der Waals surface area (Å²) >= 11 is 0. The number of nitrogens with zero attached hydrogens (tertiary/aromatic N) is 1. The molecule has 5 heteroatoms. The minimum Gasteiger partial charge on any atom is -0.353 e. The Hall–Kier alpha value is -0.810. The predicted molar refractivity (Wildman–Crippen MR) is 60.1 cm³/mol. The zero-order valence-electron chi connectivity index (χ0n) is 9.08. The Kier molecular flexibility index (Phi) is 3.11. The Morgan fingerprint density at radius 3 is 2.27 bits per heavy atom. The fraction of sp³-hybridized carbons (Fsp3) is 0.900. The van der Waals surface area contributed by atoms with Gasteiger partial charge in [0.2, 0.25) is 5.96 Å². The molecule has 0 aromatic heterocycles. The van der Waals surface area contributed by atoms with Gasteiger partial charge in [-0.2, -0.15) is 0 Å². The van der Waals surface area contributed by atoms with Crippen LogP contribution in [0.5, 0.6) is 0 Å². The zero-order valence-corrected chi connectivity index (χ0v) is 9.08. The predicted octanol–water partition coefficient (Wildman–Crippen LogP) is 0.119. The van der Waals surface area contributed by atoms with Gasteiger partial charge in [0.05, 0.1) is 0 Å². The number of guanidine groups is 1. The largest absolute Gasteiger partial charge is 0.353 e. The summed E-state index contributed by atoms with van der Waals surface area (Å²) in [7, 11) is 0.